The third kappa shape index (κ3) is 14.1. The molecular weight excluding hydrogens is 799 g/mol. The van der Waals surface area contributed by atoms with Gasteiger partial charge in [0.15, 0.2) is 11.6 Å². The number of anilines is 2. The lowest BCUT2D eigenvalue weighted by molar-refractivity contribution is -0.140. The van der Waals surface area contributed by atoms with Gasteiger partial charge in [0.05, 0.1) is 23.5 Å². The summed E-state index contributed by atoms with van der Waals surface area (Å²) in [7, 11) is 1.53. The molecule has 2 aromatic rings. The van der Waals surface area contributed by atoms with Crippen LogP contribution in [-0.4, -0.2) is 143 Å². The lowest BCUT2D eigenvalue weighted by Crippen LogP contribution is -2.60. The number of β-amino-alcohol motifs (C(OH)–C–C–N with tert-alkyl or cyclic N) is 1. The van der Waals surface area contributed by atoms with Crippen molar-refractivity contribution in [1.82, 2.24) is 35.4 Å². The number of piperazine rings is 1. The first-order valence-electron chi connectivity index (χ1n) is 23.4. The number of allylic oxidation sites excluding steroid dienone is 4. The van der Waals surface area contributed by atoms with Crippen LogP contribution in [0.3, 0.4) is 0 Å². The number of rotatable bonds is 14. The highest BCUT2D eigenvalue weighted by atomic mass is 16.5. The zero-order chi connectivity index (χ0) is 47.4. The number of piperidine rings is 1. The number of aromatic nitrogens is 3. The van der Waals surface area contributed by atoms with E-state index < -0.39 is 18.1 Å². The quantitative estimate of drug-likeness (QED) is 0.128. The topological polar surface area (TPSA) is 164 Å². The van der Waals surface area contributed by atoms with Gasteiger partial charge in [-0.05, 0) is 62.0 Å². The maximum atomic E-state index is 13.6. The molecule has 354 valence electrons. The van der Waals surface area contributed by atoms with Crippen LogP contribution in [0.4, 0.5) is 11.5 Å². The summed E-state index contributed by atoms with van der Waals surface area (Å²) in [5.41, 5.74) is 2.97. The lowest BCUT2D eigenvalue weighted by atomic mass is 9.91. The predicted molar refractivity (Wildman–Crippen MR) is 256 cm³/mol. The molecule has 0 aliphatic carbocycles. The molecule has 0 saturated carbocycles. The Morgan fingerprint density at radius 2 is 1.63 bits per heavy atom. The first kappa shape index (κ1) is 54.4. The van der Waals surface area contributed by atoms with Crippen LogP contribution < -0.4 is 19.9 Å². The van der Waals surface area contributed by atoms with Crippen LogP contribution in [-0.2, 0) is 9.59 Å². The van der Waals surface area contributed by atoms with E-state index >= 15 is 0 Å². The largest absolute Gasteiger partial charge is 0.508 e. The molecule has 3 fully saturated rings. The summed E-state index contributed by atoms with van der Waals surface area (Å²) in [4.78, 5) is 37.1. The average Bonchev–Trinajstić information content (AvgIpc) is 3.94. The van der Waals surface area contributed by atoms with Crippen LogP contribution in [0.25, 0.3) is 5.57 Å². The van der Waals surface area contributed by atoms with E-state index in [0.29, 0.717) is 35.4 Å². The van der Waals surface area contributed by atoms with Crippen molar-refractivity contribution in [3.05, 3.63) is 66.9 Å². The Morgan fingerprint density at radius 1 is 0.968 bits per heavy atom. The van der Waals surface area contributed by atoms with Crippen molar-refractivity contribution in [2.45, 2.75) is 120 Å². The molecule has 4 aliphatic rings. The van der Waals surface area contributed by atoms with Crippen LogP contribution in [0.1, 0.15) is 113 Å². The van der Waals surface area contributed by atoms with E-state index in [-0.39, 0.29) is 42.5 Å². The van der Waals surface area contributed by atoms with Gasteiger partial charge in [-0.15, -0.1) is 10.2 Å². The first-order valence-corrected chi connectivity index (χ1v) is 23.4. The lowest BCUT2D eigenvalue weighted by Gasteiger charge is -2.49. The SMILES string of the molecule is C=C/C=C(\C(=C)O)c1cc2c(nn1)N(C(=C)C)CC1CN(CC3CCN(CCOc4cc(C(C(=O)N5CC(O)CC5C(=O)NC)C(C)C)on4)CC3)CCN21.CC.CC.CC.CC. The Bertz CT molecular complexity index is 1770. The van der Waals surface area contributed by atoms with Gasteiger partial charge in [0, 0.05) is 76.6 Å². The second-order valence-electron chi connectivity index (χ2n) is 15.6. The molecule has 0 aromatic carbocycles. The smallest absolute Gasteiger partial charge is 0.254 e. The van der Waals surface area contributed by atoms with Crippen molar-refractivity contribution in [2.75, 3.05) is 82.4 Å². The minimum atomic E-state index is -0.752. The number of hydrogen-bond donors (Lipinski definition) is 3. The fourth-order valence-electron chi connectivity index (χ4n) is 8.46. The highest BCUT2D eigenvalue weighted by Crippen LogP contribution is 2.39. The summed E-state index contributed by atoms with van der Waals surface area (Å²) in [6.07, 6.45) is 4.99. The number of ether oxygens (including phenoxy) is 1. The zero-order valence-corrected chi connectivity index (χ0v) is 40.7. The number of nitrogens with zero attached hydrogens (tertiary/aromatic N) is 8. The number of carbonyl (C=O) groups is 2. The fourth-order valence-corrected chi connectivity index (χ4v) is 8.46. The molecule has 0 radical (unpaired) electrons. The van der Waals surface area contributed by atoms with Gasteiger partial charge in [0.25, 0.3) is 5.88 Å². The van der Waals surface area contributed by atoms with E-state index in [1.165, 1.54) is 11.9 Å². The average molecular weight is 880 g/mol. The van der Waals surface area contributed by atoms with E-state index in [1.54, 1.807) is 18.2 Å². The fraction of sp³-hybridized carbons (Fsp3) is 0.646. The second kappa shape index (κ2) is 27.5. The highest BCUT2D eigenvalue weighted by Gasteiger charge is 2.43. The van der Waals surface area contributed by atoms with Crippen LogP contribution in [0.15, 0.2) is 60.0 Å². The van der Waals surface area contributed by atoms with E-state index in [4.69, 9.17) is 9.26 Å². The van der Waals surface area contributed by atoms with Crippen molar-refractivity contribution in [2.24, 2.45) is 11.8 Å². The van der Waals surface area contributed by atoms with Gasteiger partial charge < -0.3 is 39.5 Å². The third-order valence-electron chi connectivity index (χ3n) is 11.4. The van der Waals surface area contributed by atoms with E-state index in [1.807, 2.05) is 82.2 Å². The number of aliphatic hydroxyl groups excluding tert-OH is 2. The third-order valence-corrected chi connectivity index (χ3v) is 11.4. The molecule has 15 heteroatoms. The Balaban J connectivity index is 0.00000161. The van der Waals surface area contributed by atoms with Crippen LogP contribution in [0.2, 0.25) is 0 Å². The maximum absolute atomic E-state index is 13.6. The highest BCUT2D eigenvalue weighted by molar-refractivity contribution is 5.91. The Kier molecular flexibility index (Phi) is 23.7. The Hall–Kier alpha value is -4.73. The zero-order valence-electron chi connectivity index (χ0n) is 40.7. The number of carbonyl (C=O) groups excluding carboxylic acids is 2. The predicted octanol–water partition coefficient (Wildman–Crippen LogP) is 7.29. The second-order valence-corrected chi connectivity index (χ2v) is 15.6. The van der Waals surface area contributed by atoms with Gasteiger partial charge in [-0.25, -0.2) is 0 Å². The van der Waals surface area contributed by atoms with Crippen molar-refractivity contribution >= 4 is 28.9 Å². The molecule has 0 bridgehead atoms. The molecule has 3 saturated heterocycles. The van der Waals surface area contributed by atoms with Gasteiger partial charge in [0.1, 0.15) is 24.3 Å². The molecule has 2 amide bonds. The molecule has 63 heavy (non-hydrogen) atoms. The van der Waals surface area contributed by atoms with Crippen LogP contribution in [0.5, 0.6) is 5.88 Å². The van der Waals surface area contributed by atoms with Crippen LogP contribution in [0, 0.1) is 11.8 Å². The molecule has 4 unspecified atom stereocenters. The minimum Gasteiger partial charge on any atom is -0.508 e. The van der Waals surface area contributed by atoms with E-state index in [0.717, 1.165) is 82.4 Å². The minimum absolute atomic E-state index is 0.0734. The Labute approximate surface area is 378 Å². The number of hydrogen-bond acceptors (Lipinski definition) is 13. The first-order chi connectivity index (χ1) is 30.4. The van der Waals surface area contributed by atoms with Gasteiger partial charge in [-0.3, -0.25) is 19.4 Å². The van der Waals surface area contributed by atoms with Crippen molar-refractivity contribution in [1.29, 1.82) is 0 Å². The number of aliphatic hydroxyl groups is 2. The standard InChI is InChI=1S/C40H57N9O6.4C2H6/c1-8-9-31(27(6)50)32-19-33-38(43-42-32)48(26(4)5)23-29-22-46(14-15-47(29)33)21-28-10-12-45(13-11-28)16-17-54-36-20-35(55-44-36)37(25(2)3)40(53)49-24-30(51)18-34(49)39(52)41-7;4*1-2/h8-9,19-20,25,28-30,34,37,50-51H,1,4,6,10-18,21-24H2,2-3,5,7H3,(H,41,52);4*1-2H3/b31-9+;;;;. The summed E-state index contributed by atoms with van der Waals surface area (Å²) >= 11 is 0. The maximum Gasteiger partial charge on any atom is 0.254 e. The number of likely N-dealkylation sites (N-methyl/N-ethyl adjacent to an activating group) is 1. The van der Waals surface area contributed by atoms with Crippen molar-refractivity contribution < 1.29 is 29.1 Å². The van der Waals surface area contributed by atoms with Gasteiger partial charge >= 0.3 is 0 Å². The molecule has 3 N–H and O–H groups in total. The van der Waals surface area contributed by atoms with E-state index in [2.05, 4.69) is 60.0 Å². The van der Waals surface area contributed by atoms with Gasteiger partial charge in [0.2, 0.25) is 11.8 Å². The molecule has 6 heterocycles. The number of amides is 2. The summed E-state index contributed by atoms with van der Waals surface area (Å²) in [5, 5.41) is 36.1. The van der Waals surface area contributed by atoms with Crippen molar-refractivity contribution in [3.8, 4) is 5.88 Å². The number of nitrogens with one attached hydrogen (secondary N) is 1. The molecule has 4 atom stereocenters. The van der Waals surface area contributed by atoms with E-state index in [9.17, 15) is 19.8 Å². The molecule has 6 rings (SSSR count). The summed E-state index contributed by atoms with van der Waals surface area (Å²) in [5.74, 6) is 0.702. The molecule has 2 aromatic heterocycles. The van der Waals surface area contributed by atoms with Gasteiger partial charge in [-0.2, -0.15) is 0 Å². The molecule has 4 aliphatic heterocycles. The van der Waals surface area contributed by atoms with Gasteiger partial charge in [-0.1, -0.05) is 95.1 Å². The summed E-state index contributed by atoms with van der Waals surface area (Å²) in [6, 6.07) is 3.21. The summed E-state index contributed by atoms with van der Waals surface area (Å²) in [6.45, 7) is 41.4. The number of likely N-dealkylation sites (tertiary alicyclic amines) is 2. The molecule has 0 spiro atoms. The Morgan fingerprint density at radius 3 is 2.22 bits per heavy atom. The van der Waals surface area contributed by atoms with Crippen LogP contribution >= 0.6 is 0 Å². The molecule has 15 nitrogen and oxygen atoms in total. The van der Waals surface area contributed by atoms with Crippen molar-refractivity contribution in [3.63, 3.8) is 0 Å². The monoisotopic (exact) mass is 880 g/mol. The summed E-state index contributed by atoms with van der Waals surface area (Å²) < 4.78 is 11.6. The normalized spacial score (nSPS) is 20.4. The number of fused-ring (bicyclic) bond motifs is 3. The molecular formula is C48H81N9O6.